The lowest BCUT2D eigenvalue weighted by molar-refractivity contribution is 0.0660. The number of carboxylic acid groups (broad SMARTS) is 1. The van der Waals surface area contributed by atoms with Crippen LogP contribution >= 0.6 is 22.6 Å². The summed E-state index contributed by atoms with van der Waals surface area (Å²) in [4.78, 5) is 26.9. The third kappa shape index (κ3) is 2.30. The standard InChI is InChI=1S/C11H9IN2O4/c1-6-13-4-8(12)10(15)14(6)5-7-2-3-18-9(7)11(16)17/h2-4H,5H2,1H3,(H,16,17). The Balaban J connectivity index is 2.47. The molecule has 7 heteroatoms. The van der Waals surface area contributed by atoms with E-state index in [-0.39, 0.29) is 17.9 Å². The van der Waals surface area contributed by atoms with Crippen molar-refractivity contribution in [3.8, 4) is 0 Å². The fourth-order valence-corrected chi connectivity index (χ4v) is 1.99. The average molecular weight is 360 g/mol. The molecule has 0 saturated heterocycles. The van der Waals surface area contributed by atoms with Crippen LogP contribution in [0.25, 0.3) is 0 Å². The van der Waals surface area contributed by atoms with Crippen LogP contribution in [0.15, 0.2) is 27.7 Å². The normalized spacial score (nSPS) is 10.6. The van der Waals surface area contributed by atoms with Crippen LogP contribution in [0.3, 0.4) is 0 Å². The molecule has 0 aliphatic rings. The summed E-state index contributed by atoms with van der Waals surface area (Å²) < 4.78 is 6.77. The summed E-state index contributed by atoms with van der Waals surface area (Å²) in [6.07, 6.45) is 2.78. The summed E-state index contributed by atoms with van der Waals surface area (Å²) in [5.74, 6) is -0.780. The third-order valence-corrected chi connectivity index (χ3v) is 3.21. The number of carboxylic acids is 1. The van der Waals surface area contributed by atoms with Gasteiger partial charge in [-0.2, -0.15) is 0 Å². The van der Waals surface area contributed by atoms with Crippen LogP contribution < -0.4 is 5.56 Å². The molecule has 0 atom stereocenters. The van der Waals surface area contributed by atoms with Crippen molar-refractivity contribution in [2.24, 2.45) is 0 Å². The molecule has 94 valence electrons. The molecule has 0 radical (unpaired) electrons. The zero-order valence-electron chi connectivity index (χ0n) is 9.38. The topological polar surface area (TPSA) is 85.3 Å². The van der Waals surface area contributed by atoms with Crippen molar-refractivity contribution >= 4 is 28.6 Å². The van der Waals surface area contributed by atoms with Crippen molar-refractivity contribution in [3.05, 3.63) is 49.6 Å². The Morgan fingerprint density at radius 1 is 1.61 bits per heavy atom. The monoisotopic (exact) mass is 360 g/mol. The first-order chi connectivity index (χ1) is 8.50. The Kier molecular flexibility index (Phi) is 3.50. The summed E-state index contributed by atoms with van der Waals surface area (Å²) in [5, 5.41) is 8.93. The number of nitrogens with zero attached hydrogens (tertiary/aromatic N) is 2. The molecule has 0 spiro atoms. The van der Waals surface area contributed by atoms with E-state index in [1.165, 1.54) is 23.1 Å². The summed E-state index contributed by atoms with van der Waals surface area (Å²) >= 11 is 1.89. The van der Waals surface area contributed by atoms with E-state index >= 15 is 0 Å². The largest absolute Gasteiger partial charge is 0.475 e. The Hall–Kier alpha value is -1.64. The first-order valence-corrected chi connectivity index (χ1v) is 6.10. The molecule has 1 N–H and O–H groups in total. The number of halogens is 1. The number of hydrogen-bond acceptors (Lipinski definition) is 4. The molecule has 0 fully saturated rings. The van der Waals surface area contributed by atoms with Crippen LogP contribution in [-0.4, -0.2) is 20.6 Å². The molecule has 0 unspecified atom stereocenters. The zero-order valence-corrected chi connectivity index (χ0v) is 11.5. The third-order valence-electron chi connectivity index (χ3n) is 2.47. The fourth-order valence-electron chi connectivity index (χ4n) is 1.56. The van der Waals surface area contributed by atoms with Crippen LogP contribution in [0.1, 0.15) is 21.9 Å². The van der Waals surface area contributed by atoms with Crippen LogP contribution in [0.4, 0.5) is 0 Å². The number of rotatable bonds is 3. The van der Waals surface area contributed by atoms with Gasteiger partial charge in [-0.25, -0.2) is 9.78 Å². The first-order valence-electron chi connectivity index (χ1n) is 5.02. The minimum absolute atomic E-state index is 0.132. The Morgan fingerprint density at radius 2 is 2.33 bits per heavy atom. The van der Waals surface area contributed by atoms with Crippen LogP contribution in [0.2, 0.25) is 0 Å². The first kappa shape index (κ1) is 12.8. The van der Waals surface area contributed by atoms with E-state index in [2.05, 4.69) is 4.98 Å². The molecule has 2 aromatic rings. The van der Waals surface area contributed by atoms with E-state index in [0.717, 1.165) is 0 Å². The predicted octanol–water partition coefficient (Wildman–Crippen LogP) is 1.50. The predicted molar refractivity (Wildman–Crippen MR) is 70.7 cm³/mol. The van der Waals surface area contributed by atoms with Gasteiger partial charge >= 0.3 is 5.97 Å². The maximum atomic E-state index is 11.9. The highest BCUT2D eigenvalue weighted by Gasteiger charge is 2.16. The molecule has 0 amide bonds. The van der Waals surface area contributed by atoms with Crippen molar-refractivity contribution in [1.29, 1.82) is 0 Å². The SMILES string of the molecule is Cc1ncc(I)c(=O)n1Cc1ccoc1C(=O)O. The van der Waals surface area contributed by atoms with Crippen molar-refractivity contribution < 1.29 is 14.3 Å². The van der Waals surface area contributed by atoms with Gasteiger partial charge in [-0.05, 0) is 35.6 Å². The zero-order chi connectivity index (χ0) is 13.3. The molecular formula is C11H9IN2O4. The fraction of sp³-hybridized carbons (Fsp3) is 0.182. The van der Waals surface area contributed by atoms with Gasteiger partial charge in [0.25, 0.3) is 5.56 Å². The van der Waals surface area contributed by atoms with Gasteiger partial charge in [0.05, 0.1) is 16.4 Å². The summed E-state index contributed by atoms with van der Waals surface area (Å²) in [7, 11) is 0. The molecule has 0 bridgehead atoms. The van der Waals surface area contributed by atoms with E-state index in [9.17, 15) is 9.59 Å². The van der Waals surface area contributed by atoms with Crippen molar-refractivity contribution in [1.82, 2.24) is 9.55 Å². The molecule has 2 rings (SSSR count). The molecule has 0 aliphatic carbocycles. The minimum atomic E-state index is -1.15. The quantitative estimate of drug-likeness (QED) is 0.839. The van der Waals surface area contributed by atoms with Crippen molar-refractivity contribution in [3.63, 3.8) is 0 Å². The second kappa shape index (κ2) is 4.92. The van der Waals surface area contributed by atoms with Crippen molar-refractivity contribution in [2.45, 2.75) is 13.5 Å². The van der Waals surface area contributed by atoms with Gasteiger partial charge < -0.3 is 9.52 Å². The van der Waals surface area contributed by atoms with Crippen LogP contribution in [0.5, 0.6) is 0 Å². The maximum absolute atomic E-state index is 11.9. The molecule has 6 nitrogen and oxygen atoms in total. The van der Waals surface area contributed by atoms with Gasteiger partial charge in [0, 0.05) is 11.8 Å². The van der Waals surface area contributed by atoms with E-state index in [1.807, 2.05) is 22.6 Å². The molecule has 0 aliphatic heterocycles. The lowest BCUT2D eigenvalue weighted by atomic mass is 10.2. The molecule has 0 aromatic carbocycles. The lowest BCUT2D eigenvalue weighted by Crippen LogP contribution is -2.26. The number of aromatic nitrogens is 2. The van der Waals surface area contributed by atoms with E-state index in [1.54, 1.807) is 6.92 Å². The number of carbonyl (C=O) groups is 1. The number of hydrogen-bond donors (Lipinski definition) is 1. The van der Waals surface area contributed by atoms with Gasteiger partial charge in [-0.3, -0.25) is 9.36 Å². The Labute approximate surface area is 115 Å². The van der Waals surface area contributed by atoms with E-state index < -0.39 is 5.97 Å². The van der Waals surface area contributed by atoms with Gasteiger partial charge in [-0.1, -0.05) is 0 Å². The van der Waals surface area contributed by atoms with Gasteiger partial charge in [0.2, 0.25) is 5.76 Å². The summed E-state index contributed by atoms with van der Waals surface area (Å²) in [5.41, 5.74) is 0.247. The van der Waals surface area contributed by atoms with Crippen LogP contribution in [0, 0.1) is 10.5 Å². The number of aryl methyl sites for hydroxylation is 1. The van der Waals surface area contributed by atoms with Gasteiger partial charge in [0.15, 0.2) is 0 Å². The van der Waals surface area contributed by atoms with E-state index in [0.29, 0.717) is 15.0 Å². The molecule has 2 heterocycles. The van der Waals surface area contributed by atoms with Gasteiger partial charge in [-0.15, -0.1) is 0 Å². The maximum Gasteiger partial charge on any atom is 0.372 e. The Morgan fingerprint density at radius 3 is 3.00 bits per heavy atom. The molecule has 18 heavy (non-hydrogen) atoms. The highest BCUT2D eigenvalue weighted by molar-refractivity contribution is 14.1. The van der Waals surface area contributed by atoms with E-state index in [4.69, 9.17) is 9.52 Å². The van der Waals surface area contributed by atoms with Crippen LogP contribution in [-0.2, 0) is 6.54 Å². The van der Waals surface area contributed by atoms with Gasteiger partial charge in [0.1, 0.15) is 5.82 Å². The number of aromatic carboxylic acids is 1. The molecule has 0 saturated carbocycles. The second-order valence-corrected chi connectivity index (χ2v) is 4.79. The highest BCUT2D eigenvalue weighted by Crippen LogP contribution is 2.12. The Bertz CT molecular complexity index is 659. The molecular weight excluding hydrogens is 351 g/mol. The summed E-state index contributed by atoms with van der Waals surface area (Å²) in [6.45, 7) is 1.82. The molecule has 2 aromatic heterocycles. The lowest BCUT2D eigenvalue weighted by Gasteiger charge is -2.08. The average Bonchev–Trinajstić information content (AvgIpc) is 2.78. The van der Waals surface area contributed by atoms with Crippen molar-refractivity contribution in [2.75, 3.05) is 0 Å². The second-order valence-electron chi connectivity index (χ2n) is 3.62. The summed E-state index contributed by atoms with van der Waals surface area (Å²) in [6, 6.07) is 1.54. The minimum Gasteiger partial charge on any atom is -0.475 e. The highest BCUT2D eigenvalue weighted by atomic mass is 127. The number of furan rings is 1. The smallest absolute Gasteiger partial charge is 0.372 e.